The van der Waals surface area contributed by atoms with Crippen molar-refractivity contribution in [3.63, 3.8) is 0 Å². The van der Waals surface area contributed by atoms with E-state index in [1.54, 1.807) is 7.11 Å². The van der Waals surface area contributed by atoms with Crippen molar-refractivity contribution < 1.29 is 14.6 Å². The second-order valence-corrected chi connectivity index (χ2v) is 4.44. The van der Waals surface area contributed by atoms with Gasteiger partial charge in [-0.25, -0.2) is 4.79 Å². The highest BCUT2D eigenvalue weighted by atomic mass is 16.5. The number of benzene rings is 1. The number of ether oxygens (including phenoxy) is 1. The van der Waals surface area contributed by atoms with Gasteiger partial charge in [-0.1, -0.05) is 12.8 Å². The van der Waals surface area contributed by atoms with Crippen LogP contribution in [0.5, 0.6) is 5.75 Å². The molecule has 0 spiro atoms. The summed E-state index contributed by atoms with van der Waals surface area (Å²) in [6, 6.07) is 6.82. The van der Waals surface area contributed by atoms with Crippen LogP contribution in [0.3, 0.4) is 0 Å². The van der Waals surface area contributed by atoms with Crippen molar-refractivity contribution >= 4 is 11.7 Å². The number of carboxylic acids is 1. The molecule has 1 aliphatic rings. The highest BCUT2D eigenvalue weighted by molar-refractivity contribution is 5.77. The van der Waals surface area contributed by atoms with Crippen molar-refractivity contribution in [3.8, 4) is 5.75 Å². The maximum atomic E-state index is 11.1. The third-order valence-electron chi connectivity index (χ3n) is 2.99. The lowest BCUT2D eigenvalue weighted by Crippen LogP contribution is -2.29. The molecule has 4 nitrogen and oxygen atoms in total. The van der Waals surface area contributed by atoms with Gasteiger partial charge < -0.3 is 15.2 Å². The van der Waals surface area contributed by atoms with Crippen LogP contribution >= 0.6 is 0 Å². The van der Waals surface area contributed by atoms with E-state index in [-0.39, 0.29) is 0 Å². The van der Waals surface area contributed by atoms with Crippen molar-refractivity contribution in [1.29, 1.82) is 0 Å². The molecule has 1 aromatic rings. The lowest BCUT2D eigenvalue weighted by molar-refractivity contribution is -0.138. The monoisotopic (exact) mass is 235 g/mol. The molecule has 1 fully saturated rings. The largest absolute Gasteiger partial charge is 0.497 e. The van der Waals surface area contributed by atoms with E-state index in [0.29, 0.717) is 12.3 Å². The molecule has 0 bridgehead atoms. The Morgan fingerprint density at radius 3 is 2.59 bits per heavy atom. The summed E-state index contributed by atoms with van der Waals surface area (Å²) in [4.78, 5) is 11.1. The molecule has 92 valence electrons. The summed E-state index contributed by atoms with van der Waals surface area (Å²) < 4.78 is 5.05. The molecule has 0 aliphatic heterocycles. The van der Waals surface area contributed by atoms with Crippen molar-refractivity contribution in [1.82, 2.24) is 0 Å². The fourth-order valence-corrected chi connectivity index (χ4v) is 1.80. The maximum Gasteiger partial charge on any atom is 0.326 e. The SMILES string of the molecule is COc1ccc(NC(CC2CC2)C(=O)O)cc1. The Morgan fingerprint density at radius 2 is 2.12 bits per heavy atom. The number of aliphatic carboxylic acids is 1. The first-order valence-corrected chi connectivity index (χ1v) is 5.82. The quantitative estimate of drug-likeness (QED) is 0.794. The molecule has 0 aromatic heterocycles. The van der Waals surface area contributed by atoms with Crippen LogP contribution in [-0.4, -0.2) is 24.2 Å². The topological polar surface area (TPSA) is 58.6 Å². The lowest BCUT2D eigenvalue weighted by Gasteiger charge is -2.15. The van der Waals surface area contributed by atoms with E-state index in [4.69, 9.17) is 9.84 Å². The van der Waals surface area contributed by atoms with Crippen LogP contribution in [0.1, 0.15) is 19.3 Å². The standard InChI is InChI=1S/C13H17NO3/c1-17-11-6-4-10(5-7-11)14-12(13(15)16)8-9-2-3-9/h4-7,9,12,14H,2-3,8H2,1H3,(H,15,16). The fraction of sp³-hybridized carbons (Fsp3) is 0.462. The second kappa shape index (κ2) is 5.08. The van der Waals surface area contributed by atoms with Gasteiger partial charge in [0.05, 0.1) is 7.11 Å². The Kier molecular flexibility index (Phi) is 3.52. The summed E-state index contributed by atoms with van der Waals surface area (Å²) in [5.41, 5.74) is 0.818. The Balaban J connectivity index is 1.97. The minimum absolute atomic E-state index is 0.490. The van der Waals surface area contributed by atoms with Crippen LogP contribution in [-0.2, 0) is 4.79 Å². The van der Waals surface area contributed by atoms with Gasteiger partial charge >= 0.3 is 5.97 Å². The molecule has 1 aromatic carbocycles. The van der Waals surface area contributed by atoms with E-state index in [0.717, 1.165) is 24.3 Å². The predicted molar refractivity (Wildman–Crippen MR) is 65.4 cm³/mol. The van der Waals surface area contributed by atoms with Crippen LogP contribution < -0.4 is 10.1 Å². The van der Waals surface area contributed by atoms with E-state index in [1.807, 2.05) is 24.3 Å². The molecule has 1 saturated carbocycles. The van der Waals surface area contributed by atoms with Crippen LogP contribution in [0.25, 0.3) is 0 Å². The van der Waals surface area contributed by atoms with E-state index in [1.165, 1.54) is 0 Å². The number of rotatable bonds is 6. The van der Waals surface area contributed by atoms with E-state index in [2.05, 4.69) is 5.32 Å². The number of nitrogens with one attached hydrogen (secondary N) is 1. The van der Waals surface area contributed by atoms with Gasteiger partial charge in [-0.2, -0.15) is 0 Å². The zero-order chi connectivity index (χ0) is 12.3. The van der Waals surface area contributed by atoms with Crippen LogP contribution in [0.2, 0.25) is 0 Å². The van der Waals surface area contributed by atoms with Crippen molar-refractivity contribution in [2.45, 2.75) is 25.3 Å². The van der Waals surface area contributed by atoms with Gasteiger partial charge in [0.2, 0.25) is 0 Å². The second-order valence-electron chi connectivity index (χ2n) is 4.44. The summed E-state index contributed by atoms with van der Waals surface area (Å²) >= 11 is 0. The molecular formula is C13H17NO3. The summed E-state index contributed by atoms with van der Waals surface area (Å²) in [5, 5.41) is 12.2. The molecule has 2 N–H and O–H groups in total. The molecule has 17 heavy (non-hydrogen) atoms. The molecule has 1 unspecified atom stereocenters. The summed E-state index contributed by atoms with van der Waals surface area (Å²) in [7, 11) is 1.61. The van der Waals surface area contributed by atoms with Gasteiger partial charge in [-0.15, -0.1) is 0 Å². The summed E-state index contributed by atoms with van der Waals surface area (Å²) in [6.07, 6.45) is 3.03. The van der Waals surface area contributed by atoms with Gasteiger partial charge in [0.1, 0.15) is 11.8 Å². The minimum Gasteiger partial charge on any atom is -0.497 e. The Morgan fingerprint density at radius 1 is 1.47 bits per heavy atom. The maximum absolute atomic E-state index is 11.1. The first-order chi connectivity index (χ1) is 8.19. The number of methoxy groups -OCH3 is 1. The average molecular weight is 235 g/mol. The Hall–Kier alpha value is -1.71. The molecule has 0 heterocycles. The number of hydrogen-bond donors (Lipinski definition) is 2. The Labute approximate surface area is 101 Å². The number of carboxylic acid groups (broad SMARTS) is 1. The average Bonchev–Trinajstić information content (AvgIpc) is 3.13. The van der Waals surface area contributed by atoms with Gasteiger partial charge in [0.25, 0.3) is 0 Å². The molecule has 0 radical (unpaired) electrons. The van der Waals surface area contributed by atoms with E-state index in [9.17, 15) is 4.79 Å². The molecule has 1 aliphatic carbocycles. The van der Waals surface area contributed by atoms with Gasteiger partial charge in [-0.3, -0.25) is 0 Å². The fourth-order valence-electron chi connectivity index (χ4n) is 1.80. The van der Waals surface area contributed by atoms with E-state index < -0.39 is 12.0 Å². The molecular weight excluding hydrogens is 218 g/mol. The third kappa shape index (κ3) is 3.37. The van der Waals surface area contributed by atoms with Gasteiger partial charge in [0, 0.05) is 5.69 Å². The van der Waals surface area contributed by atoms with E-state index >= 15 is 0 Å². The first-order valence-electron chi connectivity index (χ1n) is 5.82. The minimum atomic E-state index is -0.785. The van der Waals surface area contributed by atoms with Crippen LogP contribution in [0, 0.1) is 5.92 Å². The lowest BCUT2D eigenvalue weighted by atomic mass is 10.1. The van der Waals surface area contributed by atoms with Crippen molar-refractivity contribution in [2.75, 3.05) is 12.4 Å². The number of hydrogen-bond acceptors (Lipinski definition) is 3. The molecule has 0 amide bonds. The van der Waals surface area contributed by atoms with Crippen LogP contribution in [0.15, 0.2) is 24.3 Å². The first kappa shape index (κ1) is 11.8. The normalized spacial score (nSPS) is 16.3. The highest BCUT2D eigenvalue weighted by Gasteiger charge is 2.29. The Bertz CT molecular complexity index is 384. The van der Waals surface area contributed by atoms with Gasteiger partial charge in [-0.05, 0) is 36.6 Å². The number of anilines is 1. The van der Waals surface area contributed by atoms with Crippen molar-refractivity contribution in [3.05, 3.63) is 24.3 Å². The highest BCUT2D eigenvalue weighted by Crippen LogP contribution is 2.34. The smallest absolute Gasteiger partial charge is 0.326 e. The van der Waals surface area contributed by atoms with Crippen LogP contribution in [0.4, 0.5) is 5.69 Å². The summed E-state index contributed by atoms with van der Waals surface area (Å²) in [6.45, 7) is 0. The predicted octanol–water partition coefficient (Wildman–Crippen LogP) is 2.36. The number of carbonyl (C=O) groups is 1. The molecule has 0 saturated heterocycles. The van der Waals surface area contributed by atoms with Crippen molar-refractivity contribution in [2.24, 2.45) is 5.92 Å². The summed E-state index contributed by atoms with van der Waals surface area (Å²) in [5.74, 6) is 0.569. The third-order valence-corrected chi connectivity index (χ3v) is 2.99. The zero-order valence-electron chi connectivity index (χ0n) is 9.85. The molecule has 4 heteroatoms. The zero-order valence-corrected chi connectivity index (χ0v) is 9.85. The molecule has 2 rings (SSSR count). The molecule has 1 atom stereocenters. The van der Waals surface area contributed by atoms with Gasteiger partial charge in [0.15, 0.2) is 0 Å².